The summed E-state index contributed by atoms with van der Waals surface area (Å²) in [6.07, 6.45) is 0. The number of rotatable bonds is 6. The summed E-state index contributed by atoms with van der Waals surface area (Å²) in [5.41, 5.74) is 14.8. The number of hydrogen-bond acceptors (Lipinski definition) is 3. The number of benzene rings is 8. The highest BCUT2D eigenvalue weighted by molar-refractivity contribution is 6.11. The van der Waals surface area contributed by atoms with Crippen LogP contribution in [0.2, 0.25) is 0 Å². The zero-order valence-corrected chi connectivity index (χ0v) is 30.3. The summed E-state index contributed by atoms with van der Waals surface area (Å²) in [7, 11) is 0. The SMILES string of the molecule is c1ccc(-c2cc(-c3ccccc3)nc(-c3ccc(-c4ccc5c(c4)c4ccccc4n5-c4cccc(-c5ccc6oc7ccccc7c6c5)c4)cc3)n2)cc1. The van der Waals surface area contributed by atoms with E-state index in [2.05, 4.69) is 156 Å². The average molecular weight is 716 g/mol. The Morgan fingerprint density at radius 3 is 1.62 bits per heavy atom. The summed E-state index contributed by atoms with van der Waals surface area (Å²) in [6, 6.07) is 70.4. The predicted octanol–water partition coefficient (Wildman–Crippen LogP) is 13.8. The topological polar surface area (TPSA) is 43.9 Å². The molecule has 0 N–H and O–H groups in total. The predicted molar refractivity (Wildman–Crippen MR) is 231 cm³/mol. The van der Waals surface area contributed by atoms with E-state index in [9.17, 15) is 0 Å². The van der Waals surface area contributed by atoms with Crippen molar-refractivity contribution >= 4 is 43.7 Å². The van der Waals surface area contributed by atoms with Crippen molar-refractivity contribution in [2.45, 2.75) is 0 Å². The van der Waals surface area contributed by atoms with Gasteiger partial charge in [-0.2, -0.15) is 0 Å². The van der Waals surface area contributed by atoms with Gasteiger partial charge in [-0.05, 0) is 76.9 Å². The van der Waals surface area contributed by atoms with Crippen LogP contribution in [0.3, 0.4) is 0 Å². The fourth-order valence-corrected chi connectivity index (χ4v) is 8.06. The van der Waals surface area contributed by atoms with Gasteiger partial charge in [0.25, 0.3) is 0 Å². The monoisotopic (exact) mass is 715 g/mol. The lowest BCUT2D eigenvalue weighted by Gasteiger charge is -2.11. The molecule has 0 aliphatic carbocycles. The molecule has 8 aromatic carbocycles. The summed E-state index contributed by atoms with van der Waals surface area (Å²) >= 11 is 0. The van der Waals surface area contributed by atoms with Gasteiger partial charge in [0.15, 0.2) is 5.82 Å². The Hall–Kier alpha value is -7.56. The summed E-state index contributed by atoms with van der Waals surface area (Å²) < 4.78 is 8.50. The van der Waals surface area contributed by atoms with Crippen molar-refractivity contribution in [2.75, 3.05) is 0 Å². The number of hydrogen-bond donors (Lipinski definition) is 0. The third-order valence-corrected chi connectivity index (χ3v) is 10.8. The van der Waals surface area contributed by atoms with Crippen molar-refractivity contribution < 1.29 is 4.42 Å². The van der Waals surface area contributed by atoms with Gasteiger partial charge in [-0.1, -0.05) is 146 Å². The molecule has 0 saturated heterocycles. The molecule has 4 nitrogen and oxygen atoms in total. The highest BCUT2D eigenvalue weighted by Crippen LogP contribution is 2.38. The summed E-state index contributed by atoms with van der Waals surface area (Å²) in [6.45, 7) is 0. The Bertz CT molecular complexity index is 3170. The van der Waals surface area contributed by atoms with Crippen molar-refractivity contribution in [3.63, 3.8) is 0 Å². The second-order valence-electron chi connectivity index (χ2n) is 14.2. The van der Waals surface area contributed by atoms with Crippen molar-refractivity contribution in [2.24, 2.45) is 0 Å². The maximum absolute atomic E-state index is 6.12. The lowest BCUT2D eigenvalue weighted by Crippen LogP contribution is -1.96. The molecular weight excluding hydrogens is 683 g/mol. The summed E-state index contributed by atoms with van der Waals surface area (Å²) in [5, 5.41) is 4.70. The molecule has 56 heavy (non-hydrogen) atoms. The molecular formula is C52H33N3O. The maximum Gasteiger partial charge on any atom is 0.160 e. The highest BCUT2D eigenvalue weighted by Gasteiger charge is 2.16. The zero-order chi connectivity index (χ0) is 37.0. The number of aromatic nitrogens is 3. The van der Waals surface area contributed by atoms with Gasteiger partial charge in [0, 0.05) is 43.9 Å². The molecule has 3 heterocycles. The first-order valence-corrected chi connectivity index (χ1v) is 18.9. The molecule has 0 atom stereocenters. The molecule has 0 bridgehead atoms. The Balaban J connectivity index is 0.970. The first-order valence-electron chi connectivity index (χ1n) is 18.9. The second kappa shape index (κ2) is 13.1. The maximum atomic E-state index is 6.12. The van der Waals surface area contributed by atoms with E-state index in [4.69, 9.17) is 14.4 Å². The van der Waals surface area contributed by atoms with Crippen LogP contribution in [0.25, 0.3) is 106 Å². The van der Waals surface area contributed by atoms with Crippen molar-refractivity contribution in [1.29, 1.82) is 0 Å². The van der Waals surface area contributed by atoms with Crippen LogP contribution < -0.4 is 0 Å². The Morgan fingerprint density at radius 1 is 0.321 bits per heavy atom. The standard InChI is InChI=1S/C52H33N3O/c1-3-12-35(13-4-1)46-33-47(36-14-5-2-6-15-36)54-52(53-46)37-24-22-34(23-25-37)39-26-28-49-44(31-39)42-18-7-9-20-48(42)55(49)41-17-11-16-38(30-41)40-27-29-51-45(32-40)43-19-8-10-21-50(43)56-51/h1-33H. The zero-order valence-electron chi connectivity index (χ0n) is 30.3. The molecule has 0 aliphatic rings. The van der Waals surface area contributed by atoms with E-state index >= 15 is 0 Å². The average Bonchev–Trinajstić information content (AvgIpc) is 3.82. The molecule has 0 fully saturated rings. The van der Waals surface area contributed by atoms with E-state index < -0.39 is 0 Å². The molecule has 0 radical (unpaired) electrons. The third-order valence-electron chi connectivity index (χ3n) is 10.8. The molecule has 0 unspecified atom stereocenters. The second-order valence-corrected chi connectivity index (χ2v) is 14.2. The Kier molecular flexibility index (Phi) is 7.46. The molecule has 0 aliphatic heterocycles. The minimum atomic E-state index is 0.704. The van der Waals surface area contributed by atoms with Crippen LogP contribution in [-0.4, -0.2) is 14.5 Å². The van der Waals surface area contributed by atoms with Crippen LogP contribution >= 0.6 is 0 Å². The summed E-state index contributed by atoms with van der Waals surface area (Å²) in [5.74, 6) is 0.704. The first kappa shape index (κ1) is 31.9. The quantitative estimate of drug-likeness (QED) is 0.172. The lowest BCUT2D eigenvalue weighted by atomic mass is 10.0. The van der Waals surface area contributed by atoms with Gasteiger partial charge in [0.05, 0.1) is 22.4 Å². The van der Waals surface area contributed by atoms with Gasteiger partial charge in [0.1, 0.15) is 11.2 Å². The minimum absolute atomic E-state index is 0.704. The molecule has 0 amide bonds. The molecule has 262 valence electrons. The van der Waals surface area contributed by atoms with E-state index in [0.717, 1.165) is 78.0 Å². The van der Waals surface area contributed by atoms with Gasteiger partial charge < -0.3 is 8.98 Å². The highest BCUT2D eigenvalue weighted by atomic mass is 16.3. The van der Waals surface area contributed by atoms with Gasteiger partial charge in [-0.25, -0.2) is 9.97 Å². The fourth-order valence-electron chi connectivity index (χ4n) is 8.06. The van der Waals surface area contributed by atoms with E-state index in [1.54, 1.807) is 0 Å². The van der Waals surface area contributed by atoms with Crippen molar-refractivity contribution in [3.8, 4) is 61.8 Å². The fraction of sp³-hybridized carbons (Fsp3) is 0. The van der Waals surface area contributed by atoms with Crippen LogP contribution in [-0.2, 0) is 0 Å². The molecule has 0 saturated carbocycles. The van der Waals surface area contributed by atoms with Crippen LogP contribution in [0.4, 0.5) is 0 Å². The molecule has 11 rings (SSSR count). The molecule has 0 spiro atoms. The van der Waals surface area contributed by atoms with E-state index in [0.29, 0.717) is 5.82 Å². The van der Waals surface area contributed by atoms with E-state index in [-0.39, 0.29) is 0 Å². The van der Waals surface area contributed by atoms with Crippen molar-refractivity contribution in [3.05, 3.63) is 200 Å². The van der Waals surface area contributed by atoms with Gasteiger partial charge in [-0.15, -0.1) is 0 Å². The van der Waals surface area contributed by atoms with Crippen LogP contribution in [0.5, 0.6) is 0 Å². The smallest absolute Gasteiger partial charge is 0.160 e. The Labute approximate surface area is 323 Å². The van der Waals surface area contributed by atoms with Gasteiger partial charge in [0.2, 0.25) is 0 Å². The van der Waals surface area contributed by atoms with E-state index in [1.807, 2.05) is 48.5 Å². The molecule has 11 aromatic rings. The number of para-hydroxylation sites is 2. The third kappa shape index (κ3) is 5.47. The number of furan rings is 1. The Morgan fingerprint density at radius 2 is 0.857 bits per heavy atom. The minimum Gasteiger partial charge on any atom is -0.456 e. The van der Waals surface area contributed by atoms with Crippen LogP contribution in [0.15, 0.2) is 205 Å². The summed E-state index contributed by atoms with van der Waals surface area (Å²) in [4.78, 5) is 10.1. The lowest BCUT2D eigenvalue weighted by molar-refractivity contribution is 0.669. The molecule has 3 aromatic heterocycles. The van der Waals surface area contributed by atoms with E-state index in [1.165, 1.54) is 21.8 Å². The number of fused-ring (bicyclic) bond motifs is 6. The normalized spacial score (nSPS) is 11.6. The molecule has 4 heteroatoms. The van der Waals surface area contributed by atoms with Crippen molar-refractivity contribution in [1.82, 2.24) is 14.5 Å². The van der Waals surface area contributed by atoms with Crippen LogP contribution in [0.1, 0.15) is 0 Å². The van der Waals surface area contributed by atoms with Crippen LogP contribution in [0, 0.1) is 0 Å². The van der Waals surface area contributed by atoms with Gasteiger partial charge >= 0.3 is 0 Å². The number of nitrogens with zero attached hydrogens (tertiary/aromatic N) is 3. The van der Waals surface area contributed by atoms with Gasteiger partial charge in [-0.3, -0.25) is 0 Å². The first-order chi connectivity index (χ1) is 27.7. The largest absolute Gasteiger partial charge is 0.456 e.